The average molecular weight is 462 g/mol. The first kappa shape index (κ1) is 23.8. The normalized spacial score (nSPS) is 19.1. The number of likely N-dealkylation sites (tertiary alicyclic amines) is 1. The molecule has 0 radical (unpaired) electrons. The molecule has 7 nitrogen and oxygen atoms in total. The van der Waals surface area contributed by atoms with E-state index in [0.717, 1.165) is 37.2 Å². The van der Waals surface area contributed by atoms with Gasteiger partial charge >= 0.3 is 0 Å². The number of ether oxygens (including phenoxy) is 1. The Morgan fingerprint density at radius 3 is 2.79 bits per heavy atom. The minimum Gasteiger partial charge on any atom is -0.383 e. The highest BCUT2D eigenvalue weighted by atomic mass is 19.1. The molecule has 1 unspecified atom stereocenters. The lowest BCUT2D eigenvalue weighted by Crippen LogP contribution is -2.40. The molecule has 1 atom stereocenters. The summed E-state index contributed by atoms with van der Waals surface area (Å²) in [6.45, 7) is 7.03. The number of aromatic nitrogens is 2. The molecular formula is C24H33F2N5O2. The minimum atomic E-state index is -0.549. The van der Waals surface area contributed by atoms with E-state index >= 15 is 0 Å². The molecule has 4 rings (SSSR count). The number of carbonyl (C=O) groups excluding carboxylic acids is 1. The Bertz CT molecular complexity index is 960. The third kappa shape index (κ3) is 5.26. The van der Waals surface area contributed by atoms with Gasteiger partial charge in [-0.05, 0) is 38.1 Å². The van der Waals surface area contributed by atoms with Crippen molar-refractivity contribution in [1.82, 2.24) is 24.9 Å². The van der Waals surface area contributed by atoms with Crippen molar-refractivity contribution in [1.29, 1.82) is 0 Å². The first-order chi connectivity index (χ1) is 16.0. The second-order valence-corrected chi connectivity index (χ2v) is 8.79. The van der Waals surface area contributed by atoms with E-state index < -0.39 is 11.6 Å². The first-order valence-corrected chi connectivity index (χ1v) is 11.8. The van der Waals surface area contributed by atoms with Crippen molar-refractivity contribution in [2.45, 2.75) is 51.9 Å². The van der Waals surface area contributed by atoms with E-state index in [1.807, 2.05) is 9.58 Å². The Morgan fingerprint density at radius 2 is 2.06 bits per heavy atom. The molecule has 9 heteroatoms. The molecule has 2 aliphatic rings. The van der Waals surface area contributed by atoms with Crippen molar-refractivity contribution in [2.24, 2.45) is 0 Å². The maximum atomic E-state index is 14.2. The summed E-state index contributed by atoms with van der Waals surface area (Å²) in [6, 6.07) is 4.27. The summed E-state index contributed by atoms with van der Waals surface area (Å²) < 4.78 is 35.5. The molecular weight excluding hydrogens is 428 g/mol. The maximum absolute atomic E-state index is 14.2. The number of fused-ring (bicyclic) bond motifs is 1. The van der Waals surface area contributed by atoms with Crippen molar-refractivity contribution in [3.8, 4) is 0 Å². The third-order valence-corrected chi connectivity index (χ3v) is 6.78. The van der Waals surface area contributed by atoms with E-state index in [1.165, 1.54) is 18.2 Å². The Kier molecular flexibility index (Phi) is 7.72. The molecule has 0 spiro atoms. The SMILES string of the molecule is CCN1CCCC1CNC(=O)c1nn(CCOC)c2c1CN(Cc1c(F)cccc1F)CC2. The van der Waals surface area contributed by atoms with Gasteiger partial charge in [-0.2, -0.15) is 5.10 Å². The molecule has 1 amide bonds. The van der Waals surface area contributed by atoms with Crippen molar-refractivity contribution < 1.29 is 18.3 Å². The zero-order valence-corrected chi connectivity index (χ0v) is 19.4. The zero-order valence-electron chi connectivity index (χ0n) is 19.4. The van der Waals surface area contributed by atoms with E-state index in [4.69, 9.17) is 4.74 Å². The van der Waals surface area contributed by atoms with Gasteiger partial charge in [-0.1, -0.05) is 13.0 Å². The van der Waals surface area contributed by atoms with Crippen molar-refractivity contribution in [3.63, 3.8) is 0 Å². The van der Waals surface area contributed by atoms with Crippen LogP contribution >= 0.6 is 0 Å². The smallest absolute Gasteiger partial charge is 0.272 e. The summed E-state index contributed by atoms with van der Waals surface area (Å²) in [5, 5.41) is 7.71. The molecule has 2 aliphatic heterocycles. The van der Waals surface area contributed by atoms with Gasteiger partial charge in [-0.25, -0.2) is 8.78 Å². The quantitative estimate of drug-likeness (QED) is 0.622. The monoisotopic (exact) mass is 461 g/mol. The number of nitrogens with one attached hydrogen (secondary N) is 1. The zero-order chi connectivity index (χ0) is 23.4. The van der Waals surface area contributed by atoms with E-state index in [9.17, 15) is 13.6 Å². The van der Waals surface area contributed by atoms with Crippen LogP contribution in [0.4, 0.5) is 8.78 Å². The molecule has 3 heterocycles. The number of amides is 1. The van der Waals surface area contributed by atoms with Gasteiger partial charge in [0.05, 0.1) is 13.2 Å². The molecule has 0 saturated carbocycles. The molecule has 0 bridgehead atoms. The van der Waals surface area contributed by atoms with E-state index in [-0.39, 0.29) is 18.0 Å². The second kappa shape index (κ2) is 10.7. The fourth-order valence-corrected chi connectivity index (χ4v) is 4.97. The molecule has 1 aromatic carbocycles. The van der Waals surface area contributed by atoms with Gasteiger partial charge in [0, 0.05) is 62.6 Å². The molecule has 1 saturated heterocycles. The van der Waals surface area contributed by atoms with Crippen LogP contribution in [0.2, 0.25) is 0 Å². The fourth-order valence-electron chi connectivity index (χ4n) is 4.97. The second-order valence-electron chi connectivity index (χ2n) is 8.79. The number of benzene rings is 1. The van der Waals surface area contributed by atoms with Gasteiger partial charge < -0.3 is 10.1 Å². The number of hydrogen-bond donors (Lipinski definition) is 1. The number of nitrogens with zero attached hydrogens (tertiary/aromatic N) is 4. The van der Waals surface area contributed by atoms with Crippen LogP contribution in [0.25, 0.3) is 0 Å². The maximum Gasteiger partial charge on any atom is 0.272 e. The number of hydrogen-bond acceptors (Lipinski definition) is 5. The molecule has 2 aromatic rings. The molecule has 0 aliphatic carbocycles. The van der Waals surface area contributed by atoms with Crippen LogP contribution in [0.15, 0.2) is 18.2 Å². The van der Waals surface area contributed by atoms with Crippen molar-refractivity contribution in [3.05, 3.63) is 52.3 Å². The number of halogens is 2. The Balaban J connectivity index is 1.52. The summed E-state index contributed by atoms with van der Waals surface area (Å²) in [4.78, 5) is 17.5. The third-order valence-electron chi connectivity index (χ3n) is 6.78. The van der Waals surface area contributed by atoms with Crippen LogP contribution in [-0.2, 0) is 30.8 Å². The predicted molar refractivity (Wildman–Crippen MR) is 121 cm³/mol. The lowest BCUT2D eigenvalue weighted by atomic mass is 10.0. The fraction of sp³-hybridized carbons (Fsp3) is 0.583. The topological polar surface area (TPSA) is 62.6 Å². The van der Waals surface area contributed by atoms with Gasteiger partial charge in [0.1, 0.15) is 11.6 Å². The van der Waals surface area contributed by atoms with E-state index in [2.05, 4.69) is 22.2 Å². The first-order valence-electron chi connectivity index (χ1n) is 11.8. The van der Waals surface area contributed by atoms with E-state index in [1.54, 1.807) is 7.11 Å². The van der Waals surface area contributed by atoms with Gasteiger partial charge in [0.25, 0.3) is 5.91 Å². The summed E-state index contributed by atoms with van der Waals surface area (Å²) in [5.74, 6) is -1.29. The number of methoxy groups -OCH3 is 1. The van der Waals surface area contributed by atoms with Crippen LogP contribution in [0.5, 0.6) is 0 Å². The summed E-state index contributed by atoms with van der Waals surface area (Å²) in [6.07, 6.45) is 2.88. The highest BCUT2D eigenvalue weighted by Gasteiger charge is 2.30. The summed E-state index contributed by atoms with van der Waals surface area (Å²) in [5.41, 5.74) is 2.30. The Morgan fingerprint density at radius 1 is 1.27 bits per heavy atom. The van der Waals surface area contributed by atoms with Gasteiger partial charge in [0.15, 0.2) is 5.69 Å². The highest BCUT2D eigenvalue weighted by molar-refractivity contribution is 5.94. The molecule has 1 aromatic heterocycles. The van der Waals surface area contributed by atoms with Gasteiger partial charge in [-0.3, -0.25) is 19.3 Å². The van der Waals surface area contributed by atoms with Gasteiger partial charge in [-0.15, -0.1) is 0 Å². The predicted octanol–water partition coefficient (Wildman–Crippen LogP) is 2.58. The number of likely N-dealkylation sites (N-methyl/N-ethyl adjacent to an activating group) is 1. The van der Waals surface area contributed by atoms with Crippen LogP contribution < -0.4 is 5.32 Å². The lowest BCUT2D eigenvalue weighted by Gasteiger charge is -2.28. The molecule has 180 valence electrons. The number of rotatable bonds is 9. The van der Waals surface area contributed by atoms with Crippen LogP contribution in [0, 0.1) is 11.6 Å². The van der Waals surface area contributed by atoms with Crippen LogP contribution in [-0.4, -0.2) is 71.4 Å². The Hall–Kier alpha value is -2.36. The largest absolute Gasteiger partial charge is 0.383 e. The minimum absolute atomic E-state index is 0.0552. The summed E-state index contributed by atoms with van der Waals surface area (Å²) in [7, 11) is 1.63. The average Bonchev–Trinajstić information content (AvgIpc) is 3.42. The lowest BCUT2D eigenvalue weighted by molar-refractivity contribution is 0.0932. The standard InChI is InChI=1S/C24H33F2N5O2/c1-3-30-10-5-6-17(30)14-27-24(32)23-19-16-29(15-18-20(25)7-4-8-21(18)26)11-9-22(19)31(28-23)12-13-33-2/h4,7-8,17H,3,5-6,9-16H2,1-2H3,(H,27,32). The van der Waals surface area contributed by atoms with E-state index in [0.29, 0.717) is 50.9 Å². The van der Waals surface area contributed by atoms with Crippen molar-refractivity contribution >= 4 is 5.91 Å². The highest BCUT2D eigenvalue weighted by Crippen LogP contribution is 2.26. The molecule has 1 N–H and O–H groups in total. The Labute approximate surface area is 193 Å². The molecule has 33 heavy (non-hydrogen) atoms. The number of carbonyl (C=O) groups is 1. The van der Waals surface area contributed by atoms with Gasteiger partial charge in [0.2, 0.25) is 0 Å². The summed E-state index contributed by atoms with van der Waals surface area (Å²) >= 11 is 0. The van der Waals surface area contributed by atoms with Crippen LogP contribution in [0.1, 0.15) is 47.1 Å². The van der Waals surface area contributed by atoms with Crippen LogP contribution in [0.3, 0.4) is 0 Å². The van der Waals surface area contributed by atoms with Crippen molar-refractivity contribution in [2.75, 3.05) is 39.9 Å². The molecule has 1 fully saturated rings.